The van der Waals surface area contributed by atoms with Crippen LogP contribution in [0, 0.1) is 0 Å². The van der Waals surface area contributed by atoms with E-state index in [1.165, 1.54) is 16.3 Å². The van der Waals surface area contributed by atoms with Crippen molar-refractivity contribution in [2.24, 2.45) is 0 Å². The Balaban J connectivity index is 1.40. The van der Waals surface area contributed by atoms with E-state index in [0.29, 0.717) is 18.4 Å². The van der Waals surface area contributed by atoms with Crippen molar-refractivity contribution in [3.05, 3.63) is 65.9 Å². The average Bonchev–Trinajstić information content (AvgIpc) is 3.47. The van der Waals surface area contributed by atoms with E-state index < -0.39 is 0 Å². The van der Waals surface area contributed by atoms with E-state index in [2.05, 4.69) is 86.2 Å². The number of fused-ring (bicyclic) bond motifs is 6. The third-order valence-electron chi connectivity index (χ3n) is 6.85. The fraction of sp³-hybridized carbons (Fsp3) is 0.286. The molecular weight excluding hydrogens is 408 g/mol. The molecule has 1 aliphatic rings. The molecule has 0 spiro atoms. The number of nitrogens with zero attached hydrogens (tertiary/aromatic N) is 2. The van der Waals surface area contributed by atoms with E-state index in [9.17, 15) is 0 Å². The second-order valence-corrected chi connectivity index (χ2v) is 9.43. The summed E-state index contributed by atoms with van der Waals surface area (Å²) in [7, 11) is 0. The number of ether oxygens (including phenoxy) is 1. The summed E-state index contributed by atoms with van der Waals surface area (Å²) >= 11 is 0. The molecule has 1 atom stereocenters. The molecule has 1 unspecified atom stereocenters. The molecule has 0 bridgehead atoms. The van der Waals surface area contributed by atoms with E-state index in [0.717, 1.165) is 57.4 Å². The van der Waals surface area contributed by atoms with Crippen molar-refractivity contribution >= 4 is 21.8 Å². The molecule has 5 nitrogen and oxygen atoms in total. The molecule has 3 heterocycles. The number of H-pyrrole nitrogens is 2. The first kappa shape index (κ1) is 20.0. The minimum Gasteiger partial charge on any atom is -0.487 e. The van der Waals surface area contributed by atoms with Gasteiger partial charge in [-0.05, 0) is 47.2 Å². The standard InChI is InChI=1S/C28H28N4O/c1-5-16(4)28-30-23-14-33-24-13-18(7-10-21(24)26(23)32-28)17-6-9-20-19(12-17)8-11-22-25(20)31-27(29-22)15(2)3/h6-13,15-16H,5,14H2,1-4H3,(H,29,31)(H,30,32). The second-order valence-electron chi connectivity index (χ2n) is 9.43. The monoisotopic (exact) mass is 436 g/mol. The summed E-state index contributed by atoms with van der Waals surface area (Å²) in [5, 5.41) is 2.36. The zero-order valence-corrected chi connectivity index (χ0v) is 19.5. The summed E-state index contributed by atoms with van der Waals surface area (Å²) in [6.45, 7) is 9.24. The molecule has 5 heteroatoms. The van der Waals surface area contributed by atoms with Crippen molar-refractivity contribution in [3.63, 3.8) is 0 Å². The maximum absolute atomic E-state index is 6.12. The number of imidazole rings is 2. The Hall–Kier alpha value is -3.60. The van der Waals surface area contributed by atoms with Gasteiger partial charge in [-0.25, -0.2) is 9.97 Å². The number of hydrogen-bond donors (Lipinski definition) is 2. The van der Waals surface area contributed by atoms with Crippen molar-refractivity contribution in [3.8, 4) is 28.1 Å². The number of aromatic nitrogens is 4. The highest BCUT2D eigenvalue weighted by molar-refractivity contribution is 6.05. The van der Waals surface area contributed by atoms with Crippen molar-refractivity contribution < 1.29 is 4.74 Å². The first-order valence-corrected chi connectivity index (χ1v) is 11.8. The quantitative estimate of drug-likeness (QED) is 0.310. The van der Waals surface area contributed by atoms with Gasteiger partial charge in [0.15, 0.2) is 0 Å². The average molecular weight is 437 g/mol. The summed E-state index contributed by atoms with van der Waals surface area (Å²) in [6.07, 6.45) is 1.06. The van der Waals surface area contributed by atoms with E-state index in [1.54, 1.807) is 0 Å². The normalized spacial score (nSPS) is 13.8. The Morgan fingerprint density at radius 1 is 0.909 bits per heavy atom. The molecule has 33 heavy (non-hydrogen) atoms. The van der Waals surface area contributed by atoms with Gasteiger partial charge in [-0.3, -0.25) is 0 Å². The molecule has 0 aliphatic carbocycles. The molecule has 0 saturated heterocycles. The van der Waals surface area contributed by atoms with Crippen molar-refractivity contribution in [1.82, 2.24) is 19.9 Å². The molecule has 1 aliphatic heterocycles. The first-order chi connectivity index (χ1) is 16.0. The van der Waals surface area contributed by atoms with Gasteiger partial charge in [-0.2, -0.15) is 0 Å². The lowest BCUT2D eigenvalue weighted by Crippen LogP contribution is -2.05. The predicted molar refractivity (Wildman–Crippen MR) is 134 cm³/mol. The number of benzene rings is 3. The van der Waals surface area contributed by atoms with Crippen LogP contribution in [0.1, 0.15) is 63.3 Å². The van der Waals surface area contributed by atoms with Crippen molar-refractivity contribution in [2.75, 3.05) is 0 Å². The Bertz CT molecular complexity index is 1510. The molecule has 5 aromatic rings. The zero-order chi connectivity index (χ0) is 22.7. The maximum Gasteiger partial charge on any atom is 0.130 e. The highest BCUT2D eigenvalue weighted by atomic mass is 16.5. The van der Waals surface area contributed by atoms with E-state index in [1.807, 2.05) is 0 Å². The van der Waals surface area contributed by atoms with Crippen molar-refractivity contribution in [1.29, 1.82) is 0 Å². The summed E-state index contributed by atoms with van der Waals surface area (Å²) in [6, 6.07) is 17.3. The Kier molecular flexibility index (Phi) is 4.54. The number of aromatic amines is 2. The van der Waals surface area contributed by atoms with Crippen LogP contribution in [0.2, 0.25) is 0 Å². The molecule has 0 amide bonds. The Morgan fingerprint density at radius 3 is 2.55 bits per heavy atom. The SMILES string of the molecule is CCC(C)c1nc2c([nH]1)COc1cc(-c3ccc4c(ccc5[nH]c(C(C)C)nc54)c3)ccc1-2. The number of hydrogen-bond acceptors (Lipinski definition) is 3. The smallest absolute Gasteiger partial charge is 0.130 e. The lowest BCUT2D eigenvalue weighted by Gasteiger charge is -2.17. The molecule has 6 rings (SSSR count). The van der Waals surface area contributed by atoms with Gasteiger partial charge >= 0.3 is 0 Å². The van der Waals surface area contributed by atoms with E-state index in [4.69, 9.17) is 14.7 Å². The van der Waals surface area contributed by atoms with Gasteiger partial charge in [0.2, 0.25) is 0 Å². The summed E-state index contributed by atoms with van der Waals surface area (Å²) < 4.78 is 6.12. The fourth-order valence-corrected chi connectivity index (χ4v) is 4.62. The van der Waals surface area contributed by atoms with Crippen LogP contribution in [-0.2, 0) is 6.61 Å². The minimum atomic E-state index is 0.374. The van der Waals surface area contributed by atoms with Crippen LogP contribution >= 0.6 is 0 Å². The molecule has 2 N–H and O–H groups in total. The van der Waals surface area contributed by atoms with Crippen LogP contribution in [0.15, 0.2) is 48.5 Å². The number of rotatable bonds is 4. The summed E-state index contributed by atoms with van der Waals surface area (Å²) in [5.74, 6) is 3.75. The van der Waals surface area contributed by atoms with Gasteiger partial charge in [-0.15, -0.1) is 0 Å². The molecular formula is C28H28N4O. The third-order valence-corrected chi connectivity index (χ3v) is 6.85. The van der Waals surface area contributed by atoms with E-state index in [-0.39, 0.29) is 0 Å². The van der Waals surface area contributed by atoms with Gasteiger partial charge in [0.25, 0.3) is 0 Å². The van der Waals surface area contributed by atoms with Gasteiger partial charge in [0, 0.05) is 22.8 Å². The first-order valence-electron chi connectivity index (χ1n) is 11.8. The molecule has 3 aromatic carbocycles. The van der Waals surface area contributed by atoms with Crippen LogP contribution < -0.4 is 4.74 Å². The Labute approximate surface area is 193 Å². The third kappa shape index (κ3) is 3.22. The van der Waals surface area contributed by atoms with Crippen LogP contribution in [-0.4, -0.2) is 19.9 Å². The Morgan fingerprint density at radius 2 is 1.73 bits per heavy atom. The van der Waals surface area contributed by atoms with Crippen LogP contribution in [0.25, 0.3) is 44.2 Å². The van der Waals surface area contributed by atoms with Crippen LogP contribution in [0.5, 0.6) is 5.75 Å². The van der Waals surface area contributed by atoms with Gasteiger partial charge < -0.3 is 14.7 Å². The zero-order valence-electron chi connectivity index (χ0n) is 19.5. The summed E-state index contributed by atoms with van der Waals surface area (Å²) in [5.41, 5.74) is 7.60. The lowest BCUT2D eigenvalue weighted by atomic mass is 9.97. The molecule has 166 valence electrons. The van der Waals surface area contributed by atoms with Crippen molar-refractivity contribution in [2.45, 2.75) is 52.6 Å². The van der Waals surface area contributed by atoms with Gasteiger partial charge in [-0.1, -0.05) is 52.0 Å². The van der Waals surface area contributed by atoms with E-state index >= 15 is 0 Å². The highest BCUT2D eigenvalue weighted by Crippen LogP contribution is 2.40. The summed E-state index contributed by atoms with van der Waals surface area (Å²) in [4.78, 5) is 16.7. The number of nitrogens with one attached hydrogen (secondary N) is 2. The van der Waals surface area contributed by atoms with Gasteiger partial charge in [0.1, 0.15) is 24.0 Å². The molecule has 0 fully saturated rings. The largest absolute Gasteiger partial charge is 0.487 e. The fourth-order valence-electron chi connectivity index (χ4n) is 4.62. The highest BCUT2D eigenvalue weighted by Gasteiger charge is 2.23. The minimum absolute atomic E-state index is 0.374. The molecule has 2 aromatic heterocycles. The maximum atomic E-state index is 6.12. The van der Waals surface area contributed by atoms with Crippen LogP contribution in [0.3, 0.4) is 0 Å². The topological polar surface area (TPSA) is 66.6 Å². The molecule has 0 radical (unpaired) electrons. The van der Waals surface area contributed by atoms with Crippen LogP contribution in [0.4, 0.5) is 0 Å². The molecule has 0 saturated carbocycles. The predicted octanol–water partition coefficient (Wildman–Crippen LogP) is 7.30. The lowest BCUT2D eigenvalue weighted by molar-refractivity contribution is 0.298. The second kappa shape index (κ2) is 7.48. The van der Waals surface area contributed by atoms with Gasteiger partial charge in [0.05, 0.1) is 22.4 Å².